The first-order chi connectivity index (χ1) is 14.2. The molecule has 2 bridgehead atoms. The number of amides is 1. The Morgan fingerprint density at radius 3 is 2.59 bits per heavy atom. The molecule has 5 heterocycles. The maximum absolute atomic E-state index is 12.7. The Kier molecular flexibility index (Phi) is 5.76. The van der Waals surface area contributed by atoms with Gasteiger partial charge in [-0.1, -0.05) is 11.8 Å². The van der Waals surface area contributed by atoms with Crippen LogP contribution in [-0.2, 0) is 4.74 Å². The molecule has 4 aliphatic heterocycles. The van der Waals surface area contributed by atoms with E-state index in [9.17, 15) is 4.79 Å². The van der Waals surface area contributed by atoms with E-state index in [1.54, 1.807) is 23.1 Å². The average molecular weight is 431 g/mol. The van der Waals surface area contributed by atoms with E-state index in [-0.39, 0.29) is 5.91 Å². The molecule has 8 heteroatoms. The predicted octanol–water partition coefficient (Wildman–Crippen LogP) is 2.95. The van der Waals surface area contributed by atoms with Crippen LogP contribution in [0.1, 0.15) is 23.2 Å². The summed E-state index contributed by atoms with van der Waals surface area (Å²) < 4.78 is 6.43. The highest BCUT2D eigenvalue weighted by atomic mass is 32.2. The van der Waals surface area contributed by atoms with Crippen molar-refractivity contribution in [2.45, 2.75) is 28.1 Å². The van der Waals surface area contributed by atoms with Crippen LogP contribution in [-0.4, -0.2) is 67.8 Å². The lowest BCUT2D eigenvalue weighted by Crippen LogP contribution is -2.57. The van der Waals surface area contributed by atoms with Crippen molar-refractivity contribution in [2.24, 2.45) is 5.92 Å². The summed E-state index contributed by atoms with van der Waals surface area (Å²) in [5.41, 5.74) is 0.735. The molecular weight excluding hydrogens is 404 g/mol. The minimum Gasteiger partial charge on any atom is -0.378 e. The van der Waals surface area contributed by atoms with Crippen LogP contribution in [0.5, 0.6) is 0 Å². The van der Waals surface area contributed by atoms with Crippen molar-refractivity contribution in [1.29, 1.82) is 0 Å². The Bertz CT molecular complexity index is 843. The van der Waals surface area contributed by atoms with Gasteiger partial charge in [-0.05, 0) is 56.1 Å². The zero-order valence-corrected chi connectivity index (χ0v) is 18.0. The average Bonchev–Trinajstić information content (AvgIpc) is 3.24. The molecule has 0 aliphatic carbocycles. The fourth-order valence-corrected chi connectivity index (χ4v) is 6.18. The maximum Gasteiger partial charge on any atom is 0.251 e. The standard InChI is InChI=1S/C21H26N4O2S2/c26-20(22-18-13-24-7-5-15(18)6-8-24)16-1-3-17(4-2-16)29-21-23-19(14-28-21)25-9-11-27-12-10-25/h1-4,14-15,18H,5-13H2,(H,22,26)/t18-/m0/s1. The maximum atomic E-state index is 12.7. The van der Waals surface area contributed by atoms with Crippen LogP contribution in [0.2, 0.25) is 0 Å². The largest absolute Gasteiger partial charge is 0.378 e. The second-order valence-electron chi connectivity index (χ2n) is 7.92. The van der Waals surface area contributed by atoms with E-state index in [4.69, 9.17) is 9.72 Å². The van der Waals surface area contributed by atoms with Crippen LogP contribution in [0.15, 0.2) is 38.9 Å². The molecule has 4 saturated heterocycles. The van der Waals surface area contributed by atoms with Crippen molar-refractivity contribution in [3.8, 4) is 0 Å². The van der Waals surface area contributed by atoms with Gasteiger partial charge < -0.3 is 19.9 Å². The molecule has 0 spiro atoms. The molecule has 1 atom stereocenters. The van der Waals surface area contributed by atoms with E-state index in [1.807, 2.05) is 24.3 Å². The zero-order chi connectivity index (χ0) is 19.6. The van der Waals surface area contributed by atoms with Gasteiger partial charge in [0, 0.05) is 41.5 Å². The molecule has 4 fully saturated rings. The molecular formula is C21H26N4O2S2. The summed E-state index contributed by atoms with van der Waals surface area (Å²) in [5.74, 6) is 1.72. The zero-order valence-electron chi connectivity index (χ0n) is 16.4. The number of hydrogen-bond acceptors (Lipinski definition) is 7. The van der Waals surface area contributed by atoms with Crippen LogP contribution in [0.25, 0.3) is 0 Å². The molecule has 4 aliphatic rings. The van der Waals surface area contributed by atoms with Crippen LogP contribution in [0.4, 0.5) is 5.82 Å². The van der Waals surface area contributed by atoms with Crippen LogP contribution in [0, 0.1) is 5.92 Å². The summed E-state index contributed by atoms with van der Waals surface area (Å²) in [4.78, 5) is 23.3. The van der Waals surface area contributed by atoms with Gasteiger partial charge in [-0.3, -0.25) is 4.79 Å². The summed E-state index contributed by atoms with van der Waals surface area (Å²) in [5, 5.41) is 5.38. The third-order valence-electron chi connectivity index (χ3n) is 6.10. The Balaban J connectivity index is 1.18. The van der Waals surface area contributed by atoms with Gasteiger partial charge in [0.05, 0.1) is 13.2 Å². The number of ether oxygens (including phenoxy) is 1. The van der Waals surface area contributed by atoms with E-state index in [0.717, 1.165) is 53.5 Å². The normalized spacial score (nSPS) is 26.5. The molecule has 2 aromatic rings. The van der Waals surface area contributed by atoms with Crippen molar-refractivity contribution < 1.29 is 9.53 Å². The second kappa shape index (κ2) is 8.63. The number of nitrogens with one attached hydrogen (secondary N) is 1. The number of hydrogen-bond donors (Lipinski definition) is 1. The van der Waals surface area contributed by atoms with E-state index in [1.165, 1.54) is 25.9 Å². The Labute approximate surface area is 179 Å². The van der Waals surface area contributed by atoms with Gasteiger partial charge in [0.15, 0.2) is 4.34 Å². The van der Waals surface area contributed by atoms with Crippen LogP contribution >= 0.6 is 23.1 Å². The van der Waals surface area contributed by atoms with Gasteiger partial charge in [0.1, 0.15) is 5.82 Å². The number of rotatable bonds is 5. The lowest BCUT2D eigenvalue weighted by molar-refractivity contribution is 0.0620. The summed E-state index contributed by atoms with van der Waals surface area (Å²) in [6.45, 7) is 6.71. The molecule has 1 N–H and O–H groups in total. The van der Waals surface area contributed by atoms with E-state index < -0.39 is 0 Å². The second-order valence-corrected chi connectivity index (χ2v) is 10.1. The van der Waals surface area contributed by atoms with E-state index in [0.29, 0.717) is 12.0 Å². The van der Waals surface area contributed by atoms with Crippen LogP contribution in [0.3, 0.4) is 0 Å². The number of anilines is 1. The molecule has 0 unspecified atom stereocenters. The molecule has 154 valence electrons. The molecule has 0 radical (unpaired) electrons. The molecule has 6 rings (SSSR count). The number of carbonyl (C=O) groups is 1. The lowest BCUT2D eigenvalue weighted by Gasteiger charge is -2.44. The fourth-order valence-electron chi connectivity index (χ4n) is 4.39. The van der Waals surface area contributed by atoms with Crippen molar-refractivity contribution in [1.82, 2.24) is 15.2 Å². The minimum absolute atomic E-state index is 0.0455. The molecule has 1 amide bonds. The van der Waals surface area contributed by atoms with E-state index in [2.05, 4.69) is 20.5 Å². The first-order valence-electron chi connectivity index (χ1n) is 10.3. The van der Waals surface area contributed by atoms with Gasteiger partial charge in [-0.2, -0.15) is 0 Å². The number of aromatic nitrogens is 1. The van der Waals surface area contributed by atoms with Gasteiger partial charge in [-0.25, -0.2) is 4.98 Å². The van der Waals surface area contributed by atoms with Gasteiger partial charge in [0.2, 0.25) is 0 Å². The molecule has 6 nitrogen and oxygen atoms in total. The highest BCUT2D eigenvalue weighted by Gasteiger charge is 2.34. The summed E-state index contributed by atoms with van der Waals surface area (Å²) in [6.07, 6.45) is 2.42. The number of fused-ring (bicyclic) bond motifs is 3. The first-order valence-corrected chi connectivity index (χ1v) is 12.0. The summed E-state index contributed by atoms with van der Waals surface area (Å²) >= 11 is 3.31. The van der Waals surface area contributed by atoms with Crippen molar-refractivity contribution in [2.75, 3.05) is 50.8 Å². The molecule has 29 heavy (non-hydrogen) atoms. The molecule has 1 aromatic carbocycles. The number of morpholine rings is 1. The highest BCUT2D eigenvalue weighted by Crippen LogP contribution is 2.33. The number of thiazole rings is 1. The van der Waals surface area contributed by atoms with Crippen molar-refractivity contribution in [3.05, 3.63) is 35.2 Å². The molecule has 0 saturated carbocycles. The number of carbonyl (C=O) groups excluding carboxylic acids is 1. The summed E-state index contributed by atoms with van der Waals surface area (Å²) in [7, 11) is 0. The van der Waals surface area contributed by atoms with E-state index >= 15 is 0 Å². The van der Waals surface area contributed by atoms with Crippen LogP contribution < -0.4 is 10.2 Å². The smallest absolute Gasteiger partial charge is 0.251 e. The van der Waals surface area contributed by atoms with Gasteiger partial charge >= 0.3 is 0 Å². The van der Waals surface area contributed by atoms with Crippen molar-refractivity contribution >= 4 is 34.8 Å². The van der Waals surface area contributed by atoms with Gasteiger partial charge in [0.25, 0.3) is 5.91 Å². The summed E-state index contributed by atoms with van der Waals surface area (Å²) in [6, 6.07) is 8.19. The Morgan fingerprint density at radius 2 is 1.90 bits per heavy atom. The Morgan fingerprint density at radius 1 is 1.14 bits per heavy atom. The minimum atomic E-state index is 0.0455. The molecule has 1 aromatic heterocycles. The third-order valence-corrected chi connectivity index (χ3v) is 8.03. The third kappa shape index (κ3) is 4.45. The lowest BCUT2D eigenvalue weighted by atomic mass is 9.84. The monoisotopic (exact) mass is 430 g/mol. The predicted molar refractivity (Wildman–Crippen MR) is 116 cm³/mol. The Hall–Kier alpha value is -1.61. The fraction of sp³-hybridized carbons (Fsp3) is 0.524. The quantitative estimate of drug-likeness (QED) is 0.787. The SMILES string of the molecule is O=C(N[C@H]1CN2CCC1CC2)c1ccc(Sc2nc(N3CCOCC3)cs2)cc1. The highest BCUT2D eigenvalue weighted by molar-refractivity contribution is 8.01. The first kappa shape index (κ1) is 19.4. The topological polar surface area (TPSA) is 57.7 Å². The van der Waals surface area contributed by atoms with Gasteiger partial charge in [-0.15, -0.1) is 11.3 Å². The number of benzene rings is 1. The number of nitrogens with zero attached hydrogens (tertiary/aromatic N) is 3. The van der Waals surface area contributed by atoms with Crippen molar-refractivity contribution in [3.63, 3.8) is 0 Å². The number of piperidine rings is 3.